The normalized spacial score (nSPS) is 17.1. The Kier molecular flexibility index (Phi) is 7.25. The molecule has 122 valence electrons. The molecule has 1 aliphatic rings. The van der Waals surface area contributed by atoms with E-state index in [0.29, 0.717) is 18.2 Å². The van der Waals surface area contributed by atoms with Crippen LogP contribution in [0.1, 0.15) is 20.3 Å². The van der Waals surface area contributed by atoms with E-state index in [2.05, 4.69) is 58.9 Å². The minimum absolute atomic E-state index is 0.308. The SMILES string of the molecule is CC(C)CN1CCC(=O)N(CCSc2ccc(Br)cc2)CC1. The van der Waals surface area contributed by atoms with E-state index in [1.807, 2.05) is 16.7 Å². The smallest absolute Gasteiger partial charge is 0.223 e. The summed E-state index contributed by atoms with van der Waals surface area (Å²) in [5.74, 6) is 1.93. The number of hydrogen-bond donors (Lipinski definition) is 0. The lowest BCUT2D eigenvalue weighted by Crippen LogP contribution is -2.35. The van der Waals surface area contributed by atoms with Crippen molar-refractivity contribution in [2.24, 2.45) is 5.92 Å². The largest absolute Gasteiger partial charge is 0.341 e. The van der Waals surface area contributed by atoms with Gasteiger partial charge in [-0.3, -0.25) is 4.79 Å². The van der Waals surface area contributed by atoms with E-state index < -0.39 is 0 Å². The standard InChI is InChI=1S/C17H25BrN2OS/c1-14(2)13-19-8-7-17(21)20(10-9-19)11-12-22-16-5-3-15(18)4-6-16/h3-6,14H,7-13H2,1-2H3. The molecule has 0 unspecified atom stereocenters. The Bertz CT molecular complexity index is 478. The number of halogens is 1. The maximum atomic E-state index is 12.2. The lowest BCUT2D eigenvalue weighted by molar-refractivity contribution is -0.130. The molecule has 0 aliphatic carbocycles. The van der Waals surface area contributed by atoms with Crippen molar-refractivity contribution in [3.8, 4) is 0 Å². The van der Waals surface area contributed by atoms with Gasteiger partial charge in [0.2, 0.25) is 5.91 Å². The molecule has 5 heteroatoms. The van der Waals surface area contributed by atoms with Gasteiger partial charge in [-0.2, -0.15) is 0 Å². The first-order valence-electron chi connectivity index (χ1n) is 7.93. The summed E-state index contributed by atoms with van der Waals surface area (Å²) in [6, 6.07) is 8.35. The number of rotatable bonds is 6. The molecule has 0 bridgehead atoms. The molecule has 0 radical (unpaired) electrons. The molecule has 1 aliphatic heterocycles. The molecule has 1 heterocycles. The Labute approximate surface area is 146 Å². The molecule has 0 atom stereocenters. The predicted octanol–water partition coefficient (Wildman–Crippen LogP) is 3.73. The van der Waals surface area contributed by atoms with Crippen LogP contribution in [0.2, 0.25) is 0 Å². The molecule has 1 aromatic carbocycles. The molecule has 1 fully saturated rings. The fraction of sp³-hybridized carbons (Fsp3) is 0.588. The highest BCUT2D eigenvalue weighted by Crippen LogP contribution is 2.21. The van der Waals surface area contributed by atoms with E-state index in [9.17, 15) is 4.79 Å². The average Bonchev–Trinajstić information content (AvgIpc) is 2.64. The van der Waals surface area contributed by atoms with Crippen LogP contribution in [-0.2, 0) is 4.79 Å². The molecule has 22 heavy (non-hydrogen) atoms. The van der Waals surface area contributed by atoms with Gasteiger partial charge in [0, 0.05) is 54.3 Å². The topological polar surface area (TPSA) is 23.6 Å². The van der Waals surface area contributed by atoms with Crippen LogP contribution in [0.15, 0.2) is 33.6 Å². The number of amides is 1. The van der Waals surface area contributed by atoms with E-state index in [-0.39, 0.29) is 0 Å². The van der Waals surface area contributed by atoms with Crippen LogP contribution in [0.5, 0.6) is 0 Å². The average molecular weight is 385 g/mol. The molecule has 2 rings (SSSR count). The maximum Gasteiger partial charge on any atom is 0.223 e. The minimum atomic E-state index is 0.308. The van der Waals surface area contributed by atoms with Gasteiger partial charge in [0.05, 0.1) is 0 Å². The number of thioether (sulfide) groups is 1. The summed E-state index contributed by atoms with van der Waals surface area (Å²) >= 11 is 5.26. The third-order valence-corrected chi connectivity index (χ3v) is 5.27. The first-order chi connectivity index (χ1) is 10.5. The first-order valence-corrected chi connectivity index (χ1v) is 9.71. The Morgan fingerprint density at radius 2 is 1.91 bits per heavy atom. The van der Waals surface area contributed by atoms with Crippen molar-refractivity contribution in [3.63, 3.8) is 0 Å². The van der Waals surface area contributed by atoms with Crippen LogP contribution in [0.4, 0.5) is 0 Å². The monoisotopic (exact) mass is 384 g/mol. The van der Waals surface area contributed by atoms with Crippen molar-refractivity contribution in [1.29, 1.82) is 0 Å². The van der Waals surface area contributed by atoms with Crippen molar-refractivity contribution in [2.75, 3.05) is 38.5 Å². The zero-order valence-corrected chi connectivity index (χ0v) is 15.8. The van der Waals surface area contributed by atoms with Gasteiger partial charge in [0.15, 0.2) is 0 Å². The van der Waals surface area contributed by atoms with Crippen LogP contribution in [0.3, 0.4) is 0 Å². The fourth-order valence-corrected chi connectivity index (χ4v) is 3.79. The van der Waals surface area contributed by atoms with Gasteiger partial charge in [-0.15, -0.1) is 11.8 Å². The molecular formula is C17H25BrN2OS. The lowest BCUT2D eigenvalue weighted by Gasteiger charge is -2.23. The van der Waals surface area contributed by atoms with Gasteiger partial charge in [-0.05, 0) is 30.2 Å². The van der Waals surface area contributed by atoms with Gasteiger partial charge >= 0.3 is 0 Å². The second kappa shape index (κ2) is 8.94. The van der Waals surface area contributed by atoms with Crippen LogP contribution in [0.25, 0.3) is 0 Å². The summed E-state index contributed by atoms with van der Waals surface area (Å²) in [6.45, 7) is 9.19. The third-order valence-electron chi connectivity index (χ3n) is 3.75. The van der Waals surface area contributed by atoms with E-state index in [4.69, 9.17) is 0 Å². The van der Waals surface area contributed by atoms with Crippen molar-refractivity contribution >= 4 is 33.6 Å². The fourth-order valence-electron chi connectivity index (χ4n) is 2.65. The second-order valence-electron chi connectivity index (χ2n) is 6.13. The van der Waals surface area contributed by atoms with E-state index in [0.717, 1.165) is 42.9 Å². The highest BCUT2D eigenvalue weighted by molar-refractivity contribution is 9.10. The zero-order chi connectivity index (χ0) is 15.9. The molecular weight excluding hydrogens is 360 g/mol. The van der Waals surface area contributed by atoms with E-state index in [1.54, 1.807) is 0 Å². The van der Waals surface area contributed by atoms with Gasteiger partial charge in [0.1, 0.15) is 0 Å². The molecule has 1 amide bonds. The van der Waals surface area contributed by atoms with Crippen molar-refractivity contribution in [2.45, 2.75) is 25.2 Å². The third kappa shape index (κ3) is 5.94. The molecule has 3 nitrogen and oxygen atoms in total. The number of carbonyl (C=O) groups excluding carboxylic acids is 1. The highest BCUT2D eigenvalue weighted by atomic mass is 79.9. The highest BCUT2D eigenvalue weighted by Gasteiger charge is 2.20. The summed E-state index contributed by atoms with van der Waals surface area (Å²) < 4.78 is 1.10. The molecule has 0 spiro atoms. The summed E-state index contributed by atoms with van der Waals surface area (Å²) in [6.07, 6.45) is 0.662. The summed E-state index contributed by atoms with van der Waals surface area (Å²) in [5, 5.41) is 0. The number of benzene rings is 1. The molecule has 1 aromatic rings. The number of carbonyl (C=O) groups is 1. The summed E-state index contributed by atoms with van der Waals surface area (Å²) in [7, 11) is 0. The maximum absolute atomic E-state index is 12.2. The van der Waals surface area contributed by atoms with Gasteiger partial charge in [-0.1, -0.05) is 29.8 Å². The molecule has 0 N–H and O–H groups in total. The van der Waals surface area contributed by atoms with Gasteiger partial charge in [-0.25, -0.2) is 0 Å². The van der Waals surface area contributed by atoms with Crippen molar-refractivity contribution in [3.05, 3.63) is 28.7 Å². The van der Waals surface area contributed by atoms with Gasteiger partial charge in [0.25, 0.3) is 0 Å². The molecule has 0 saturated carbocycles. The van der Waals surface area contributed by atoms with Crippen LogP contribution in [0, 0.1) is 5.92 Å². The zero-order valence-electron chi connectivity index (χ0n) is 13.4. The summed E-state index contributed by atoms with van der Waals surface area (Å²) in [4.78, 5) is 17.9. The molecule has 1 saturated heterocycles. The van der Waals surface area contributed by atoms with Crippen molar-refractivity contribution in [1.82, 2.24) is 9.80 Å². The number of nitrogens with zero attached hydrogens (tertiary/aromatic N) is 2. The van der Waals surface area contributed by atoms with Crippen LogP contribution < -0.4 is 0 Å². The Balaban J connectivity index is 1.77. The lowest BCUT2D eigenvalue weighted by atomic mass is 10.2. The Morgan fingerprint density at radius 3 is 2.59 bits per heavy atom. The van der Waals surface area contributed by atoms with Crippen LogP contribution in [-0.4, -0.2) is 54.2 Å². The predicted molar refractivity (Wildman–Crippen MR) is 97.3 cm³/mol. The van der Waals surface area contributed by atoms with E-state index >= 15 is 0 Å². The number of hydrogen-bond acceptors (Lipinski definition) is 3. The Morgan fingerprint density at radius 1 is 1.18 bits per heavy atom. The van der Waals surface area contributed by atoms with E-state index in [1.165, 1.54) is 4.90 Å². The first kappa shape index (κ1) is 17.8. The quantitative estimate of drug-likeness (QED) is 0.698. The van der Waals surface area contributed by atoms with Gasteiger partial charge < -0.3 is 9.80 Å². The Hall–Kier alpha value is -0.520. The van der Waals surface area contributed by atoms with Crippen molar-refractivity contribution < 1.29 is 4.79 Å². The minimum Gasteiger partial charge on any atom is -0.341 e. The van der Waals surface area contributed by atoms with Crippen LogP contribution >= 0.6 is 27.7 Å². The molecule has 0 aromatic heterocycles. The summed E-state index contributed by atoms with van der Waals surface area (Å²) in [5.41, 5.74) is 0. The second-order valence-corrected chi connectivity index (χ2v) is 8.21.